The van der Waals surface area contributed by atoms with Crippen LogP contribution < -0.4 is 5.32 Å². The van der Waals surface area contributed by atoms with Gasteiger partial charge in [-0.05, 0) is 25.2 Å². The summed E-state index contributed by atoms with van der Waals surface area (Å²) in [7, 11) is 1.07. The highest BCUT2D eigenvalue weighted by atomic mass is 19.4. The van der Waals surface area contributed by atoms with Crippen molar-refractivity contribution in [3.8, 4) is 0 Å². The normalized spacial score (nSPS) is 33.9. The Morgan fingerprint density at radius 3 is 2.63 bits per heavy atom. The summed E-state index contributed by atoms with van der Waals surface area (Å²) in [6.45, 7) is 0.363. The smallest absolute Gasteiger partial charge is 0.467 e. The number of hydrogen-bond acceptors (Lipinski definition) is 4. The number of fused-ring (bicyclic) bond motifs is 1. The van der Waals surface area contributed by atoms with Gasteiger partial charge in [0.1, 0.15) is 0 Å². The van der Waals surface area contributed by atoms with Gasteiger partial charge in [0, 0.05) is 6.61 Å². The van der Waals surface area contributed by atoms with Crippen LogP contribution in [0.5, 0.6) is 0 Å². The molecule has 108 valence electrons. The van der Waals surface area contributed by atoms with Crippen molar-refractivity contribution in [2.24, 2.45) is 5.92 Å². The molecule has 0 aromatic rings. The van der Waals surface area contributed by atoms with Crippen LogP contribution in [0.3, 0.4) is 0 Å². The molecule has 3 atom stereocenters. The molecule has 2 aliphatic rings. The molecule has 0 unspecified atom stereocenters. The third-order valence-corrected chi connectivity index (χ3v) is 3.66. The van der Waals surface area contributed by atoms with Crippen LogP contribution in [0.2, 0.25) is 0 Å². The minimum absolute atomic E-state index is 0.0126. The van der Waals surface area contributed by atoms with Crippen molar-refractivity contribution in [3.05, 3.63) is 0 Å². The lowest BCUT2D eigenvalue weighted by molar-refractivity contribution is -0.202. The number of methoxy groups -OCH3 is 1. The summed E-state index contributed by atoms with van der Waals surface area (Å²) < 4.78 is 46.8. The molecule has 8 heteroatoms. The number of nitrogens with one attached hydrogen (secondary N) is 1. The van der Waals surface area contributed by atoms with Gasteiger partial charge < -0.3 is 14.8 Å². The summed E-state index contributed by atoms with van der Waals surface area (Å²) in [5.74, 6) is -3.06. The Labute approximate surface area is 107 Å². The van der Waals surface area contributed by atoms with Crippen LogP contribution >= 0.6 is 0 Å². The van der Waals surface area contributed by atoms with Gasteiger partial charge in [0.15, 0.2) is 5.54 Å². The summed E-state index contributed by atoms with van der Waals surface area (Å²) in [6, 6.07) is 0. The molecule has 0 aromatic carbocycles. The van der Waals surface area contributed by atoms with Crippen LogP contribution in [0.15, 0.2) is 0 Å². The average molecular weight is 281 g/mol. The fourth-order valence-electron chi connectivity index (χ4n) is 2.79. The molecular formula is C11H14F3NO4. The summed E-state index contributed by atoms with van der Waals surface area (Å²) in [4.78, 5) is 22.8. The number of esters is 1. The van der Waals surface area contributed by atoms with Gasteiger partial charge in [-0.25, -0.2) is 4.79 Å². The van der Waals surface area contributed by atoms with Crippen molar-refractivity contribution >= 4 is 11.9 Å². The number of amides is 1. The van der Waals surface area contributed by atoms with Crippen molar-refractivity contribution in [2.75, 3.05) is 13.7 Å². The maximum Gasteiger partial charge on any atom is 0.471 e. The van der Waals surface area contributed by atoms with E-state index in [1.165, 1.54) is 0 Å². The molecule has 2 rings (SSSR count). The zero-order chi connectivity index (χ0) is 14.3. The fourth-order valence-corrected chi connectivity index (χ4v) is 2.79. The van der Waals surface area contributed by atoms with E-state index in [-0.39, 0.29) is 12.3 Å². The second-order valence-electron chi connectivity index (χ2n) is 4.81. The van der Waals surface area contributed by atoms with Crippen LogP contribution in [-0.2, 0) is 19.1 Å². The third kappa shape index (κ3) is 2.29. The van der Waals surface area contributed by atoms with E-state index >= 15 is 0 Å². The summed E-state index contributed by atoms with van der Waals surface area (Å²) in [5.41, 5.74) is -1.70. The zero-order valence-corrected chi connectivity index (χ0v) is 10.3. The highest BCUT2D eigenvalue weighted by molar-refractivity contribution is 5.92. The molecule has 0 radical (unpaired) electrons. The monoisotopic (exact) mass is 281 g/mol. The van der Waals surface area contributed by atoms with Gasteiger partial charge in [0.2, 0.25) is 0 Å². The first-order chi connectivity index (χ1) is 8.81. The topological polar surface area (TPSA) is 64.6 Å². The van der Waals surface area contributed by atoms with Gasteiger partial charge in [-0.15, -0.1) is 0 Å². The van der Waals surface area contributed by atoms with E-state index in [0.29, 0.717) is 6.61 Å². The minimum atomic E-state index is -5.04. The van der Waals surface area contributed by atoms with Gasteiger partial charge in [-0.3, -0.25) is 4.79 Å². The van der Waals surface area contributed by atoms with E-state index in [1.54, 1.807) is 5.32 Å². The molecule has 1 aliphatic carbocycles. The van der Waals surface area contributed by atoms with Crippen LogP contribution in [0.4, 0.5) is 13.2 Å². The first-order valence-corrected chi connectivity index (χ1v) is 5.90. The molecule has 1 N–H and O–H groups in total. The molecule has 1 aliphatic heterocycles. The molecule has 2 fully saturated rings. The van der Waals surface area contributed by atoms with E-state index in [4.69, 9.17) is 4.74 Å². The highest BCUT2D eigenvalue weighted by Crippen LogP contribution is 2.46. The Hall–Kier alpha value is -1.31. The second kappa shape index (κ2) is 4.66. The summed E-state index contributed by atoms with van der Waals surface area (Å²) in [6.07, 6.45) is -4.09. The maximum atomic E-state index is 12.3. The molecule has 0 aromatic heterocycles. The van der Waals surface area contributed by atoms with Crippen molar-refractivity contribution in [3.63, 3.8) is 0 Å². The number of carbonyl (C=O) groups is 2. The number of rotatable bonds is 2. The van der Waals surface area contributed by atoms with Crippen LogP contribution in [-0.4, -0.2) is 43.4 Å². The SMILES string of the molecule is COC(=O)[C@@]1(NC(=O)C(F)(F)F)C[C@@H]2CCCO[C@@H]21. The molecule has 19 heavy (non-hydrogen) atoms. The van der Waals surface area contributed by atoms with Gasteiger partial charge in [-0.2, -0.15) is 13.2 Å². The Morgan fingerprint density at radius 2 is 2.11 bits per heavy atom. The fraction of sp³-hybridized carbons (Fsp3) is 0.818. The molecule has 0 spiro atoms. The molecule has 1 saturated carbocycles. The quantitative estimate of drug-likeness (QED) is 0.760. The predicted molar refractivity (Wildman–Crippen MR) is 56.0 cm³/mol. The van der Waals surface area contributed by atoms with E-state index in [9.17, 15) is 22.8 Å². The number of hydrogen-bond donors (Lipinski definition) is 1. The number of ether oxygens (including phenoxy) is 2. The van der Waals surface area contributed by atoms with Gasteiger partial charge in [-0.1, -0.05) is 0 Å². The lowest BCUT2D eigenvalue weighted by Crippen LogP contribution is -2.74. The molecule has 0 bridgehead atoms. The predicted octanol–water partition coefficient (Wildman–Crippen LogP) is 0.776. The van der Waals surface area contributed by atoms with Crippen LogP contribution in [0.1, 0.15) is 19.3 Å². The van der Waals surface area contributed by atoms with E-state index < -0.39 is 29.7 Å². The van der Waals surface area contributed by atoms with Crippen LogP contribution in [0, 0.1) is 5.92 Å². The molecule has 1 amide bonds. The van der Waals surface area contributed by atoms with E-state index in [0.717, 1.165) is 20.0 Å². The third-order valence-electron chi connectivity index (χ3n) is 3.66. The van der Waals surface area contributed by atoms with Crippen LogP contribution in [0.25, 0.3) is 0 Å². The lowest BCUT2D eigenvalue weighted by Gasteiger charge is -2.54. The van der Waals surface area contributed by atoms with Gasteiger partial charge in [0.05, 0.1) is 13.2 Å². The van der Waals surface area contributed by atoms with E-state index in [2.05, 4.69) is 4.74 Å². The average Bonchev–Trinajstić information content (AvgIpc) is 2.33. The number of alkyl halides is 3. The minimum Gasteiger partial charge on any atom is -0.467 e. The highest BCUT2D eigenvalue weighted by Gasteiger charge is 2.63. The standard InChI is InChI=1S/C11H14F3NO4/c1-18-9(17)10(15-8(16)11(12,13)14)5-6-3-2-4-19-7(6)10/h6-7H,2-5H2,1H3,(H,15,16)/t6-,7-,10+/m0/s1. The van der Waals surface area contributed by atoms with Crippen molar-refractivity contribution in [1.82, 2.24) is 5.32 Å². The number of halogens is 3. The lowest BCUT2D eigenvalue weighted by atomic mass is 9.62. The molecule has 5 nitrogen and oxygen atoms in total. The first-order valence-electron chi connectivity index (χ1n) is 5.90. The number of carbonyl (C=O) groups excluding carboxylic acids is 2. The Balaban J connectivity index is 2.18. The van der Waals surface area contributed by atoms with E-state index in [1.807, 2.05) is 0 Å². The largest absolute Gasteiger partial charge is 0.471 e. The molecule has 1 saturated heterocycles. The Bertz CT molecular complexity index is 398. The molecular weight excluding hydrogens is 267 g/mol. The summed E-state index contributed by atoms with van der Waals surface area (Å²) >= 11 is 0. The van der Waals surface area contributed by atoms with Crippen molar-refractivity contribution in [2.45, 2.75) is 37.1 Å². The molecule has 1 heterocycles. The van der Waals surface area contributed by atoms with Gasteiger partial charge in [0.25, 0.3) is 0 Å². The second-order valence-corrected chi connectivity index (χ2v) is 4.81. The maximum absolute atomic E-state index is 12.3. The summed E-state index contributed by atoms with van der Waals surface area (Å²) in [5, 5.41) is 1.76. The Morgan fingerprint density at radius 1 is 1.42 bits per heavy atom. The Kier molecular flexibility index (Phi) is 3.46. The first kappa shape index (κ1) is 14.1. The van der Waals surface area contributed by atoms with Crippen molar-refractivity contribution in [1.29, 1.82) is 0 Å². The zero-order valence-electron chi connectivity index (χ0n) is 10.3. The van der Waals surface area contributed by atoms with Gasteiger partial charge >= 0.3 is 18.1 Å². The van der Waals surface area contributed by atoms with Crippen molar-refractivity contribution < 1.29 is 32.2 Å².